The smallest absolute Gasteiger partial charge is 0.397 e. The molecule has 0 aromatic heterocycles. The van der Waals surface area contributed by atoms with Crippen LogP contribution in [0.2, 0.25) is 0 Å². The van der Waals surface area contributed by atoms with Gasteiger partial charge in [0.25, 0.3) is 0 Å². The van der Waals surface area contributed by atoms with Gasteiger partial charge in [-0.15, -0.1) is 0 Å². The number of aliphatic hydroxyl groups is 3. The summed E-state index contributed by atoms with van der Waals surface area (Å²) in [4.78, 5) is 12.9. The van der Waals surface area contributed by atoms with Crippen LogP contribution < -0.4 is 0 Å². The maximum atomic E-state index is 12.9. The second-order valence-electron chi connectivity index (χ2n) is 20.3. The molecule has 0 saturated carbocycles. The minimum absolute atomic E-state index is 0.0456. The third-order valence-electron chi connectivity index (χ3n) is 13.7. The van der Waals surface area contributed by atoms with E-state index >= 15 is 0 Å². The van der Waals surface area contributed by atoms with E-state index in [1.165, 1.54) is 218 Å². The Labute approximate surface area is 417 Å². The summed E-state index contributed by atoms with van der Waals surface area (Å²) in [6, 6.07) is 0. The van der Waals surface area contributed by atoms with Crippen LogP contribution >= 0.6 is 0 Å². The van der Waals surface area contributed by atoms with Gasteiger partial charge in [0.05, 0.1) is 19.8 Å². The molecule has 0 amide bonds. The van der Waals surface area contributed by atoms with E-state index in [4.69, 9.17) is 18.9 Å². The summed E-state index contributed by atoms with van der Waals surface area (Å²) < 4.78 is 59.4. The highest BCUT2D eigenvalue weighted by Crippen LogP contribution is 2.26. The first-order valence-corrected chi connectivity index (χ1v) is 30.2. The first kappa shape index (κ1) is 65.1. The number of carbonyl (C=O) groups excluding carboxylic acids is 1. The number of unbranched alkanes of at least 4 members (excludes halogenated alkanes) is 39. The Kier molecular flexibility index (Phi) is 45.1. The maximum Gasteiger partial charge on any atom is 0.397 e. The number of rotatable bonds is 52. The van der Waals surface area contributed by atoms with E-state index in [0.717, 1.165) is 38.5 Å². The largest absolute Gasteiger partial charge is 0.457 e. The molecule has 1 heterocycles. The maximum absolute atomic E-state index is 12.9. The number of carbonyl (C=O) groups is 1. The van der Waals surface area contributed by atoms with Crippen molar-refractivity contribution in [2.45, 2.75) is 320 Å². The number of hydrogen-bond donors (Lipinski definition) is 4. The molecule has 1 aliphatic rings. The van der Waals surface area contributed by atoms with Crippen molar-refractivity contribution in [2.75, 3.05) is 26.4 Å². The van der Waals surface area contributed by atoms with Gasteiger partial charge in [-0.05, 0) is 12.8 Å². The first-order chi connectivity index (χ1) is 33.1. The molecule has 0 radical (unpaired) electrons. The predicted molar refractivity (Wildman–Crippen MR) is 276 cm³/mol. The van der Waals surface area contributed by atoms with E-state index in [2.05, 4.69) is 18.0 Å². The highest BCUT2D eigenvalue weighted by molar-refractivity contribution is 7.80. The number of hydrogen-bond acceptors (Lipinski definition) is 11. The van der Waals surface area contributed by atoms with Crippen molar-refractivity contribution in [2.24, 2.45) is 0 Å². The van der Waals surface area contributed by atoms with Crippen LogP contribution in [-0.4, -0.2) is 97.5 Å². The molecule has 1 rings (SSSR count). The van der Waals surface area contributed by atoms with Gasteiger partial charge in [-0.3, -0.25) is 9.35 Å². The molecule has 1 saturated heterocycles. The van der Waals surface area contributed by atoms with Crippen LogP contribution in [0.25, 0.3) is 0 Å². The lowest BCUT2D eigenvalue weighted by Gasteiger charge is -2.41. The van der Waals surface area contributed by atoms with Gasteiger partial charge in [0.1, 0.15) is 30.5 Å². The Morgan fingerprint density at radius 2 is 0.838 bits per heavy atom. The minimum Gasteiger partial charge on any atom is -0.457 e. The van der Waals surface area contributed by atoms with E-state index in [1.54, 1.807) is 0 Å². The summed E-state index contributed by atoms with van der Waals surface area (Å²) in [7, 11) is -5.06. The molecule has 4 N–H and O–H groups in total. The first-order valence-electron chi connectivity index (χ1n) is 28.8. The molecular formula is C55H108O12S. The van der Waals surface area contributed by atoms with Gasteiger partial charge in [0.15, 0.2) is 6.29 Å². The average Bonchev–Trinajstić information content (AvgIpc) is 3.31. The Balaban J connectivity index is 2.27. The Morgan fingerprint density at radius 1 is 0.500 bits per heavy atom. The van der Waals surface area contributed by atoms with Crippen LogP contribution in [-0.2, 0) is 38.3 Å². The summed E-state index contributed by atoms with van der Waals surface area (Å²) in [6.07, 6.45) is 44.3. The van der Waals surface area contributed by atoms with Crippen molar-refractivity contribution >= 4 is 16.4 Å². The van der Waals surface area contributed by atoms with Crippen LogP contribution in [0, 0.1) is 0 Å². The fraction of sp³-hybridized carbons (Fsp3) is 0.982. The Hall–Kier alpha value is -0.900. The second kappa shape index (κ2) is 47.1. The fourth-order valence-corrected chi connectivity index (χ4v) is 9.89. The monoisotopic (exact) mass is 993 g/mol. The van der Waals surface area contributed by atoms with Crippen molar-refractivity contribution in [1.82, 2.24) is 0 Å². The van der Waals surface area contributed by atoms with Crippen LogP contribution in [0.3, 0.4) is 0 Å². The van der Waals surface area contributed by atoms with E-state index in [0.29, 0.717) is 13.0 Å². The Bertz CT molecular complexity index is 1190. The lowest BCUT2D eigenvalue weighted by atomic mass is 9.99. The van der Waals surface area contributed by atoms with Crippen molar-refractivity contribution in [3.05, 3.63) is 0 Å². The quantitative estimate of drug-likeness (QED) is 0.0258. The fourth-order valence-electron chi connectivity index (χ4n) is 9.38. The molecule has 13 heteroatoms. The Morgan fingerprint density at radius 3 is 1.18 bits per heavy atom. The number of esters is 1. The molecular weight excluding hydrogens is 885 g/mol. The number of aliphatic hydroxyl groups excluding tert-OH is 3. The molecule has 0 aromatic carbocycles. The molecule has 6 atom stereocenters. The van der Waals surface area contributed by atoms with Gasteiger partial charge in [-0.25, -0.2) is 4.18 Å². The van der Waals surface area contributed by atoms with Crippen molar-refractivity contribution in [3.8, 4) is 0 Å². The zero-order valence-electron chi connectivity index (χ0n) is 44.0. The molecule has 12 nitrogen and oxygen atoms in total. The highest BCUT2D eigenvalue weighted by atomic mass is 32.3. The standard InChI is InChI=1S/C55H108O12S/c1-3-5-7-9-11-13-15-17-19-21-23-24-25-26-27-29-31-33-35-37-39-41-43-45-63-47-49(48-64-55-53(59)54(67-68(60,61)62)52(58)50(46-56)66-55)65-51(57)44-42-40-38-36-34-32-30-28-22-20-18-16-14-12-10-8-6-4-2/h49-50,52-56,58-59H,3-48H2,1-2H3,(H,60,61,62). The van der Waals surface area contributed by atoms with Gasteiger partial charge >= 0.3 is 16.4 Å². The molecule has 1 aliphatic heterocycles. The molecule has 1 fully saturated rings. The molecule has 68 heavy (non-hydrogen) atoms. The lowest BCUT2D eigenvalue weighted by Crippen LogP contribution is -2.60. The summed E-state index contributed by atoms with van der Waals surface area (Å²) >= 11 is 0. The van der Waals surface area contributed by atoms with E-state index < -0.39 is 53.8 Å². The third kappa shape index (κ3) is 39.7. The normalized spacial score (nSPS) is 19.2. The van der Waals surface area contributed by atoms with Gasteiger partial charge in [0, 0.05) is 13.0 Å². The molecule has 6 unspecified atom stereocenters. The number of ether oxygens (including phenoxy) is 4. The zero-order chi connectivity index (χ0) is 49.6. The summed E-state index contributed by atoms with van der Waals surface area (Å²) in [6.45, 7) is 4.08. The average molecular weight is 994 g/mol. The van der Waals surface area contributed by atoms with Gasteiger partial charge in [0.2, 0.25) is 0 Å². The van der Waals surface area contributed by atoms with E-state index in [-0.39, 0.29) is 25.6 Å². The molecule has 0 aliphatic carbocycles. The van der Waals surface area contributed by atoms with E-state index in [1.807, 2.05) is 0 Å². The van der Waals surface area contributed by atoms with Crippen LogP contribution in [0.15, 0.2) is 0 Å². The van der Waals surface area contributed by atoms with Crippen molar-refractivity contribution < 1.29 is 56.2 Å². The SMILES string of the molecule is CCCCCCCCCCCCCCCCCCCCCCCCCOCC(COC1OC(CO)C(O)C(OS(=O)(=O)O)C1O)OC(=O)CCCCCCCCCCCCCCCCCCCC. The highest BCUT2D eigenvalue weighted by Gasteiger charge is 2.48. The van der Waals surface area contributed by atoms with Crippen LogP contribution in [0.1, 0.15) is 284 Å². The van der Waals surface area contributed by atoms with Gasteiger partial charge in [-0.2, -0.15) is 8.42 Å². The van der Waals surface area contributed by atoms with Gasteiger partial charge in [-0.1, -0.05) is 264 Å². The van der Waals surface area contributed by atoms with Crippen LogP contribution in [0.4, 0.5) is 0 Å². The van der Waals surface area contributed by atoms with Crippen molar-refractivity contribution in [1.29, 1.82) is 0 Å². The van der Waals surface area contributed by atoms with Gasteiger partial charge < -0.3 is 34.3 Å². The molecule has 0 spiro atoms. The molecule has 0 aromatic rings. The predicted octanol–water partition coefficient (Wildman–Crippen LogP) is 14.0. The second-order valence-corrected chi connectivity index (χ2v) is 21.3. The third-order valence-corrected chi connectivity index (χ3v) is 14.2. The minimum atomic E-state index is -5.06. The van der Waals surface area contributed by atoms with Crippen LogP contribution in [0.5, 0.6) is 0 Å². The summed E-state index contributed by atoms with van der Waals surface area (Å²) in [5.74, 6) is -0.389. The van der Waals surface area contributed by atoms with E-state index in [9.17, 15) is 33.1 Å². The topological polar surface area (TPSA) is 178 Å². The molecule has 406 valence electrons. The summed E-state index contributed by atoms with van der Waals surface area (Å²) in [5, 5.41) is 30.8. The molecule has 0 bridgehead atoms. The van der Waals surface area contributed by atoms with Crippen molar-refractivity contribution in [3.63, 3.8) is 0 Å². The lowest BCUT2D eigenvalue weighted by molar-refractivity contribution is -0.301. The zero-order valence-corrected chi connectivity index (χ0v) is 44.8. The summed E-state index contributed by atoms with van der Waals surface area (Å²) in [5.41, 5.74) is 0.